The van der Waals surface area contributed by atoms with Crippen LogP contribution in [0.25, 0.3) is 0 Å². The first kappa shape index (κ1) is 16.5. The lowest BCUT2D eigenvalue weighted by Crippen LogP contribution is -2.38. The van der Waals surface area contributed by atoms with Gasteiger partial charge in [0.15, 0.2) is 0 Å². The lowest BCUT2D eigenvalue weighted by molar-refractivity contribution is -0.123. The van der Waals surface area contributed by atoms with Gasteiger partial charge in [0.1, 0.15) is 0 Å². The van der Waals surface area contributed by atoms with E-state index >= 15 is 0 Å². The van der Waals surface area contributed by atoms with Crippen molar-refractivity contribution in [1.29, 1.82) is 0 Å². The molecule has 2 amide bonds. The molecular weight excluding hydrogens is 354 g/mol. The number of benzene rings is 1. The molecule has 1 aliphatic heterocycles. The van der Waals surface area contributed by atoms with E-state index in [9.17, 15) is 14.4 Å². The highest BCUT2D eigenvalue weighted by Crippen LogP contribution is 2.70. The highest BCUT2D eigenvalue weighted by atomic mass is 16.5. The lowest BCUT2D eigenvalue weighted by atomic mass is 9.65. The third-order valence-electron chi connectivity index (χ3n) is 8.39. The molecule has 5 aliphatic rings. The molecule has 1 aromatic rings. The summed E-state index contributed by atoms with van der Waals surface area (Å²) in [4.78, 5) is 40.4. The summed E-state index contributed by atoms with van der Waals surface area (Å²) in [6.45, 7) is 1.78. The molecule has 0 spiro atoms. The summed E-state index contributed by atoms with van der Waals surface area (Å²) in [7, 11) is 1.34. The number of amides is 2. The third-order valence-corrected chi connectivity index (χ3v) is 8.39. The molecule has 0 N–H and O–H groups in total. The second kappa shape index (κ2) is 5.34. The molecular formula is C23H23NO4. The van der Waals surface area contributed by atoms with Crippen LogP contribution in [0.2, 0.25) is 0 Å². The zero-order valence-corrected chi connectivity index (χ0v) is 16.0. The van der Waals surface area contributed by atoms with Crippen molar-refractivity contribution in [3.05, 3.63) is 41.5 Å². The fraction of sp³-hybridized carbons (Fsp3) is 0.522. The predicted molar refractivity (Wildman–Crippen MR) is 101 cm³/mol. The van der Waals surface area contributed by atoms with Crippen molar-refractivity contribution in [2.75, 3.05) is 12.0 Å². The minimum Gasteiger partial charge on any atom is -0.465 e. The maximum Gasteiger partial charge on any atom is 0.338 e. The molecule has 0 aromatic heterocycles. The van der Waals surface area contributed by atoms with E-state index in [-0.39, 0.29) is 23.7 Å². The van der Waals surface area contributed by atoms with Crippen molar-refractivity contribution in [1.82, 2.24) is 0 Å². The number of nitrogens with zero attached hydrogens (tertiary/aromatic N) is 1. The molecule has 8 atom stereocenters. The van der Waals surface area contributed by atoms with Gasteiger partial charge >= 0.3 is 5.97 Å². The van der Waals surface area contributed by atoms with Crippen LogP contribution in [-0.2, 0) is 14.3 Å². The summed E-state index contributed by atoms with van der Waals surface area (Å²) in [6, 6.07) is 5.16. The van der Waals surface area contributed by atoms with Crippen molar-refractivity contribution in [3.8, 4) is 0 Å². The quantitative estimate of drug-likeness (QED) is 0.344. The average Bonchev–Trinajstić information content (AvgIpc) is 3.48. The first-order valence-corrected chi connectivity index (χ1v) is 10.3. The maximum absolute atomic E-state index is 13.5. The van der Waals surface area contributed by atoms with Gasteiger partial charge in [-0.1, -0.05) is 18.2 Å². The number of imide groups is 1. The molecule has 6 rings (SSSR count). The van der Waals surface area contributed by atoms with E-state index < -0.39 is 5.97 Å². The van der Waals surface area contributed by atoms with E-state index in [0.29, 0.717) is 52.3 Å². The Morgan fingerprint density at radius 3 is 2.18 bits per heavy atom. The van der Waals surface area contributed by atoms with Crippen LogP contribution in [0, 0.1) is 54.3 Å². The van der Waals surface area contributed by atoms with Crippen LogP contribution in [0.1, 0.15) is 28.8 Å². The van der Waals surface area contributed by atoms with Gasteiger partial charge < -0.3 is 4.74 Å². The minimum atomic E-state index is -0.448. The Morgan fingerprint density at radius 2 is 1.61 bits per heavy atom. The second-order valence-corrected chi connectivity index (χ2v) is 9.17. The maximum atomic E-state index is 13.5. The molecule has 4 fully saturated rings. The fourth-order valence-electron chi connectivity index (χ4n) is 7.55. The summed E-state index contributed by atoms with van der Waals surface area (Å²) < 4.78 is 4.85. The predicted octanol–water partition coefficient (Wildman–Crippen LogP) is 2.98. The molecule has 5 nitrogen and oxygen atoms in total. The molecule has 1 heterocycles. The molecule has 4 bridgehead atoms. The van der Waals surface area contributed by atoms with Gasteiger partial charge in [0.05, 0.1) is 30.2 Å². The van der Waals surface area contributed by atoms with Crippen LogP contribution in [0.15, 0.2) is 30.4 Å². The SMILES string of the molecule is COC(=O)c1cccc(N2C(=O)C3C4CC(C3C2=O)C2C3C=CC(C3)C42)c1C. The number of anilines is 1. The van der Waals surface area contributed by atoms with Crippen LogP contribution in [0.5, 0.6) is 0 Å². The molecule has 4 aliphatic carbocycles. The summed E-state index contributed by atoms with van der Waals surface area (Å²) in [5, 5.41) is 0. The number of hydrogen-bond acceptors (Lipinski definition) is 4. The van der Waals surface area contributed by atoms with Gasteiger partial charge in [-0.2, -0.15) is 0 Å². The monoisotopic (exact) mass is 377 g/mol. The highest BCUT2D eigenvalue weighted by molar-refractivity contribution is 6.23. The lowest BCUT2D eigenvalue weighted by Gasteiger charge is -2.36. The van der Waals surface area contributed by atoms with Gasteiger partial charge in [0.2, 0.25) is 11.8 Å². The number of carbonyl (C=O) groups is 3. The van der Waals surface area contributed by atoms with Crippen LogP contribution in [0.3, 0.4) is 0 Å². The van der Waals surface area contributed by atoms with E-state index in [4.69, 9.17) is 4.74 Å². The molecule has 28 heavy (non-hydrogen) atoms. The standard InChI is InChI=1S/C23H23NO4/c1-10-13(23(27)28-2)4-3-5-16(10)24-21(25)19-14-9-15(20(19)22(24)26)18-12-7-6-11(8-12)17(14)18/h3-7,11-12,14-15,17-20H,8-9H2,1-2H3. The number of methoxy groups -OCH3 is 1. The minimum absolute atomic E-state index is 0.0576. The van der Waals surface area contributed by atoms with Crippen molar-refractivity contribution in [2.45, 2.75) is 19.8 Å². The number of hydrogen-bond donors (Lipinski definition) is 0. The number of esters is 1. The number of ether oxygens (including phenoxy) is 1. The van der Waals surface area contributed by atoms with Crippen molar-refractivity contribution in [2.24, 2.45) is 47.3 Å². The van der Waals surface area contributed by atoms with Crippen LogP contribution in [0.4, 0.5) is 5.69 Å². The molecule has 3 saturated carbocycles. The Kier molecular flexibility index (Phi) is 3.15. The molecule has 0 radical (unpaired) electrons. The van der Waals surface area contributed by atoms with Crippen molar-refractivity contribution < 1.29 is 19.1 Å². The molecule has 5 heteroatoms. The van der Waals surface area contributed by atoms with Gasteiger partial charge in [-0.05, 0) is 73.0 Å². The Balaban J connectivity index is 1.40. The van der Waals surface area contributed by atoms with E-state index in [0.717, 1.165) is 6.42 Å². The van der Waals surface area contributed by atoms with E-state index in [1.54, 1.807) is 25.1 Å². The van der Waals surface area contributed by atoms with Crippen LogP contribution < -0.4 is 4.90 Å². The first-order valence-electron chi connectivity index (χ1n) is 10.3. The largest absolute Gasteiger partial charge is 0.465 e. The van der Waals surface area contributed by atoms with Crippen molar-refractivity contribution >= 4 is 23.5 Å². The van der Waals surface area contributed by atoms with E-state index in [1.807, 2.05) is 0 Å². The normalized spacial score (nSPS) is 41.7. The van der Waals surface area contributed by atoms with Gasteiger partial charge in [-0.25, -0.2) is 9.69 Å². The first-order chi connectivity index (χ1) is 13.5. The average molecular weight is 377 g/mol. The molecule has 8 unspecified atom stereocenters. The van der Waals surface area contributed by atoms with Gasteiger partial charge in [-0.3, -0.25) is 9.59 Å². The Labute approximate surface area is 163 Å². The molecule has 1 aromatic carbocycles. The Bertz CT molecular complexity index is 923. The van der Waals surface area contributed by atoms with Gasteiger partial charge in [0, 0.05) is 0 Å². The number of rotatable bonds is 2. The summed E-state index contributed by atoms with van der Waals surface area (Å²) in [6.07, 6.45) is 6.95. The zero-order chi connectivity index (χ0) is 19.3. The number of fused-ring (bicyclic) bond motifs is 12. The highest BCUT2D eigenvalue weighted by Gasteiger charge is 2.71. The third kappa shape index (κ3) is 1.76. The summed E-state index contributed by atoms with van der Waals surface area (Å²) >= 11 is 0. The number of carbonyl (C=O) groups excluding carboxylic acids is 3. The number of allylic oxidation sites excluding steroid dienone is 2. The summed E-state index contributed by atoms with van der Waals surface area (Å²) in [5.74, 6) is 2.14. The fourth-order valence-corrected chi connectivity index (χ4v) is 7.55. The van der Waals surface area contributed by atoms with E-state index in [2.05, 4.69) is 12.2 Å². The Morgan fingerprint density at radius 1 is 1.00 bits per heavy atom. The van der Waals surface area contributed by atoms with E-state index in [1.165, 1.54) is 18.4 Å². The topological polar surface area (TPSA) is 63.7 Å². The molecule has 144 valence electrons. The Hall–Kier alpha value is -2.43. The molecule has 1 saturated heterocycles. The smallest absolute Gasteiger partial charge is 0.338 e. The van der Waals surface area contributed by atoms with Crippen molar-refractivity contribution in [3.63, 3.8) is 0 Å². The zero-order valence-electron chi connectivity index (χ0n) is 16.0. The van der Waals surface area contributed by atoms with Crippen LogP contribution >= 0.6 is 0 Å². The van der Waals surface area contributed by atoms with Gasteiger partial charge in [-0.15, -0.1) is 0 Å². The summed E-state index contributed by atoms with van der Waals surface area (Å²) in [5.41, 5.74) is 1.57. The van der Waals surface area contributed by atoms with Gasteiger partial charge in [0.25, 0.3) is 0 Å². The van der Waals surface area contributed by atoms with Crippen LogP contribution in [-0.4, -0.2) is 24.9 Å². The second-order valence-electron chi connectivity index (χ2n) is 9.17.